The molecule has 2 aromatic carbocycles. The van der Waals surface area contributed by atoms with E-state index in [0.29, 0.717) is 30.9 Å². The highest BCUT2D eigenvalue weighted by Gasteiger charge is 2.45. The van der Waals surface area contributed by atoms with E-state index in [-0.39, 0.29) is 11.3 Å². The van der Waals surface area contributed by atoms with Crippen molar-refractivity contribution in [2.24, 2.45) is 0 Å². The second kappa shape index (κ2) is 8.92. The lowest BCUT2D eigenvalue weighted by atomic mass is 9.95. The molecule has 0 saturated carbocycles. The summed E-state index contributed by atoms with van der Waals surface area (Å²) in [7, 11) is 3.16. The van der Waals surface area contributed by atoms with E-state index in [2.05, 4.69) is 0 Å². The Hall–Kier alpha value is -3.12. The molecule has 1 aliphatic rings. The van der Waals surface area contributed by atoms with Gasteiger partial charge in [0.15, 0.2) is 0 Å². The van der Waals surface area contributed by atoms with Crippen LogP contribution in [0.15, 0.2) is 54.1 Å². The number of ketones is 1. The van der Waals surface area contributed by atoms with Gasteiger partial charge in [-0.25, -0.2) is 0 Å². The number of methoxy groups -OCH3 is 2. The van der Waals surface area contributed by atoms with Gasteiger partial charge in [0.1, 0.15) is 11.5 Å². The van der Waals surface area contributed by atoms with Crippen LogP contribution in [0.1, 0.15) is 29.2 Å². The average Bonchev–Trinajstić information content (AvgIpc) is 2.99. The van der Waals surface area contributed by atoms with Crippen molar-refractivity contribution in [2.75, 3.05) is 27.4 Å². The molecule has 2 aromatic rings. The number of hydrogen-bond donors (Lipinski definition) is 1. The number of Topliss-reactive ketones (excluding diaryl/α,β-unsaturated/α-hetero) is 1. The minimum atomic E-state index is -0.679. The van der Waals surface area contributed by atoms with Crippen LogP contribution in [0.4, 0.5) is 0 Å². The minimum absolute atomic E-state index is 0.0986. The summed E-state index contributed by atoms with van der Waals surface area (Å²) < 4.78 is 10.3. The van der Waals surface area contributed by atoms with Crippen LogP contribution >= 0.6 is 0 Å². The summed E-state index contributed by atoms with van der Waals surface area (Å²) in [5, 5.41) is 11.0. The summed E-state index contributed by atoms with van der Waals surface area (Å²) in [5.41, 5.74) is 2.37. The number of amides is 1. The Balaban J connectivity index is 2.09. The summed E-state index contributed by atoms with van der Waals surface area (Å²) in [6.07, 6.45) is 0.584. The second-order valence-electron chi connectivity index (χ2n) is 6.98. The fourth-order valence-electron chi connectivity index (χ4n) is 3.49. The van der Waals surface area contributed by atoms with Gasteiger partial charge in [0.05, 0.1) is 18.7 Å². The van der Waals surface area contributed by atoms with Crippen molar-refractivity contribution in [3.05, 3.63) is 70.8 Å². The maximum Gasteiger partial charge on any atom is 0.295 e. The summed E-state index contributed by atoms with van der Waals surface area (Å²) in [6, 6.07) is 13.7. The van der Waals surface area contributed by atoms with Crippen LogP contribution in [0.3, 0.4) is 0 Å². The Morgan fingerprint density at radius 2 is 1.69 bits per heavy atom. The molecule has 1 heterocycles. The largest absolute Gasteiger partial charge is 0.507 e. The molecule has 0 aliphatic carbocycles. The topological polar surface area (TPSA) is 76.1 Å². The molecule has 1 N–H and O–H groups in total. The molecule has 29 heavy (non-hydrogen) atoms. The number of likely N-dealkylation sites (tertiary alicyclic amines) is 1. The number of aliphatic hydroxyl groups is 1. The van der Waals surface area contributed by atoms with Gasteiger partial charge in [0.25, 0.3) is 11.7 Å². The van der Waals surface area contributed by atoms with Crippen LogP contribution in [-0.4, -0.2) is 49.1 Å². The van der Waals surface area contributed by atoms with Crippen LogP contribution in [-0.2, 0) is 14.3 Å². The van der Waals surface area contributed by atoms with Gasteiger partial charge in [0, 0.05) is 25.8 Å². The zero-order valence-corrected chi connectivity index (χ0v) is 16.8. The number of carbonyl (C=O) groups excluding carboxylic acids is 2. The van der Waals surface area contributed by atoms with E-state index in [4.69, 9.17) is 9.47 Å². The first-order chi connectivity index (χ1) is 14.0. The fourth-order valence-corrected chi connectivity index (χ4v) is 3.49. The number of carbonyl (C=O) groups is 2. The van der Waals surface area contributed by atoms with E-state index >= 15 is 0 Å². The Labute approximate surface area is 170 Å². The summed E-state index contributed by atoms with van der Waals surface area (Å²) in [4.78, 5) is 27.1. The number of aryl methyl sites for hydroxylation is 1. The Bertz CT molecular complexity index is 915. The van der Waals surface area contributed by atoms with Gasteiger partial charge in [-0.1, -0.05) is 42.0 Å². The smallest absolute Gasteiger partial charge is 0.295 e. The van der Waals surface area contributed by atoms with Gasteiger partial charge in [-0.2, -0.15) is 0 Å². The first-order valence-electron chi connectivity index (χ1n) is 9.46. The minimum Gasteiger partial charge on any atom is -0.507 e. The molecule has 3 rings (SSSR count). The molecule has 0 aromatic heterocycles. The Kier molecular flexibility index (Phi) is 6.34. The number of benzene rings is 2. The van der Waals surface area contributed by atoms with Crippen molar-refractivity contribution in [3.8, 4) is 5.75 Å². The summed E-state index contributed by atoms with van der Waals surface area (Å²) >= 11 is 0. The second-order valence-corrected chi connectivity index (χ2v) is 6.98. The molecule has 0 radical (unpaired) electrons. The third-order valence-electron chi connectivity index (χ3n) is 5.04. The molecule has 0 spiro atoms. The van der Waals surface area contributed by atoms with E-state index in [9.17, 15) is 14.7 Å². The summed E-state index contributed by atoms with van der Waals surface area (Å²) in [5.74, 6) is -0.793. The van der Waals surface area contributed by atoms with Crippen molar-refractivity contribution < 1.29 is 24.2 Å². The van der Waals surface area contributed by atoms with Crippen LogP contribution in [0.5, 0.6) is 5.75 Å². The molecule has 1 aliphatic heterocycles. The monoisotopic (exact) mass is 395 g/mol. The molecular weight excluding hydrogens is 370 g/mol. The lowest BCUT2D eigenvalue weighted by Crippen LogP contribution is -2.31. The van der Waals surface area contributed by atoms with Crippen molar-refractivity contribution in [1.82, 2.24) is 4.90 Å². The molecule has 0 unspecified atom stereocenters. The molecule has 6 nitrogen and oxygen atoms in total. The lowest BCUT2D eigenvalue weighted by molar-refractivity contribution is -0.140. The zero-order chi connectivity index (χ0) is 21.0. The zero-order valence-electron chi connectivity index (χ0n) is 16.8. The number of nitrogens with zero attached hydrogens (tertiary/aromatic N) is 1. The standard InChI is InChI=1S/C23H25NO5/c1-15-5-7-17(8-6-15)21(25)19-20(16-9-11-18(29-3)12-10-16)24(13-4-14-28-2)23(27)22(19)26/h5-12,20,25H,4,13-14H2,1-3H3/t20-/m0/s1. The van der Waals surface area contributed by atoms with Crippen LogP contribution in [0.2, 0.25) is 0 Å². The SMILES string of the molecule is COCCCN1C(=O)C(=O)C(=C(O)c2ccc(C)cc2)[C@@H]1c1ccc(OC)cc1. The van der Waals surface area contributed by atoms with Crippen molar-refractivity contribution in [1.29, 1.82) is 0 Å². The highest BCUT2D eigenvalue weighted by molar-refractivity contribution is 6.46. The fraction of sp³-hybridized carbons (Fsp3) is 0.304. The molecule has 1 fully saturated rings. The molecule has 6 heteroatoms. The van der Waals surface area contributed by atoms with E-state index in [1.165, 1.54) is 4.90 Å². The van der Waals surface area contributed by atoms with Gasteiger partial charge >= 0.3 is 0 Å². The van der Waals surface area contributed by atoms with E-state index in [1.807, 2.05) is 19.1 Å². The first kappa shape index (κ1) is 20.6. The summed E-state index contributed by atoms with van der Waals surface area (Å²) in [6.45, 7) is 2.76. The number of ether oxygens (including phenoxy) is 2. The van der Waals surface area contributed by atoms with Crippen molar-refractivity contribution in [3.63, 3.8) is 0 Å². The molecule has 1 atom stereocenters. The molecule has 152 valence electrons. The number of rotatable bonds is 7. The third-order valence-corrected chi connectivity index (χ3v) is 5.04. The Morgan fingerprint density at radius 1 is 1.03 bits per heavy atom. The first-order valence-corrected chi connectivity index (χ1v) is 9.46. The van der Waals surface area contributed by atoms with E-state index < -0.39 is 17.7 Å². The van der Waals surface area contributed by atoms with Gasteiger partial charge in [-0.15, -0.1) is 0 Å². The predicted molar refractivity (Wildman–Crippen MR) is 110 cm³/mol. The van der Waals surface area contributed by atoms with Crippen LogP contribution in [0, 0.1) is 6.92 Å². The lowest BCUT2D eigenvalue weighted by Gasteiger charge is -2.25. The van der Waals surface area contributed by atoms with Crippen LogP contribution < -0.4 is 4.74 Å². The van der Waals surface area contributed by atoms with Crippen molar-refractivity contribution >= 4 is 17.4 Å². The van der Waals surface area contributed by atoms with E-state index in [0.717, 1.165) is 11.1 Å². The van der Waals surface area contributed by atoms with Gasteiger partial charge in [-0.05, 0) is 31.0 Å². The third kappa shape index (κ3) is 4.17. The normalized spacial score (nSPS) is 18.3. The van der Waals surface area contributed by atoms with Gasteiger partial charge < -0.3 is 19.5 Å². The molecule has 0 bridgehead atoms. The maximum atomic E-state index is 12.9. The quantitative estimate of drug-likeness (QED) is 0.336. The number of hydrogen-bond acceptors (Lipinski definition) is 5. The number of aliphatic hydroxyl groups excluding tert-OH is 1. The molecular formula is C23H25NO5. The average molecular weight is 395 g/mol. The maximum absolute atomic E-state index is 12.9. The van der Waals surface area contributed by atoms with Gasteiger partial charge in [0.2, 0.25) is 0 Å². The molecule has 1 saturated heterocycles. The van der Waals surface area contributed by atoms with Crippen molar-refractivity contribution in [2.45, 2.75) is 19.4 Å². The Morgan fingerprint density at radius 3 is 2.28 bits per heavy atom. The van der Waals surface area contributed by atoms with Crippen LogP contribution in [0.25, 0.3) is 5.76 Å². The highest BCUT2D eigenvalue weighted by Crippen LogP contribution is 2.39. The predicted octanol–water partition coefficient (Wildman–Crippen LogP) is 3.46. The van der Waals surface area contributed by atoms with E-state index in [1.54, 1.807) is 50.6 Å². The molecule has 1 amide bonds. The highest BCUT2D eigenvalue weighted by atomic mass is 16.5. The van der Waals surface area contributed by atoms with Gasteiger partial charge in [-0.3, -0.25) is 9.59 Å².